The van der Waals surface area contributed by atoms with Crippen molar-refractivity contribution in [1.29, 1.82) is 0 Å². The quantitative estimate of drug-likeness (QED) is 0.771. The summed E-state index contributed by atoms with van der Waals surface area (Å²) in [7, 11) is 0. The first kappa shape index (κ1) is 20.5. The van der Waals surface area contributed by atoms with Gasteiger partial charge >= 0.3 is 12.3 Å². The Morgan fingerprint density at radius 3 is 2.65 bits per heavy atom. The average Bonchev–Trinajstić information content (AvgIpc) is 2.51. The molecule has 1 atom stereocenters. The predicted molar refractivity (Wildman–Crippen MR) is 91.6 cm³/mol. The van der Waals surface area contributed by atoms with Gasteiger partial charge in [0.2, 0.25) is 0 Å². The molecule has 1 aromatic rings. The largest absolute Gasteiger partial charge is 0.450 e. The van der Waals surface area contributed by atoms with Crippen LogP contribution in [-0.2, 0) is 23.9 Å². The second kappa shape index (κ2) is 7.82. The van der Waals surface area contributed by atoms with E-state index in [2.05, 4.69) is 10.3 Å². The third kappa shape index (κ3) is 5.09. The van der Waals surface area contributed by atoms with E-state index in [0.717, 1.165) is 5.69 Å². The van der Waals surface area contributed by atoms with E-state index in [1.54, 1.807) is 0 Å². The zero-order chi connectivity index (χ0) is 19.5. The van der Waals surface area contributed by atoms with Gasteiger partial charge in [-0.05, 0) is 29.9 Å². The van der Waals surface area contributed by atoms with Crippen LogP contribution in [0.3, 0.4) is 0 Å². The summed E-state index contributed by atoms with van der Waals surface area (Å²) in [6.07, 6.45) is -3.90. The van der Waals surface area contributed by atoms with E-state index in [4.69, 9.17) is 10.5 Å². The van der Waals surface area contributed by atoms with Crippen molar-refractivity contribution in [2.45, 2.75) is 58.7 Å². The highest BCUT2D eigenvalue weighted by Gasteiger charge is 2.40. The van der Waals surface area contributed by atoms with Gasteiger partial charge in [0.25, 0.3) is 0 Å². The van der Waals surface area contributed by atoms with Gasteiger partial charge in [-0.1, -0.05) is 20.8 Å². The number of nitrogens with one attached hydrogen (secondary N) is 1. The van der Waals surface area contributed by atoms with E-state index in [9.17, 15) is 18.0 Å². The van der Waals surface area contributed by atoms with E-state index in [1.807, 2.05) is 20.8 Å². The molecule has 0 saturated heterocycles. The van der Waals surface area contributed by atoms with E-state index in [1.165, 1.54) is 6.07 Å². The maximum Gasteiger partial charge on any atom is 0.418 e. The molecular weight excluding hydrogens is 347 g/mol. The van der Waals surface area contributed by atoms with E-state index >= 15 is 0 Å². The zero-order valence-corrected chi connectivity index (χ0v) is 15.4. The summed E-state index contributed by atoms with van der Waals surface area (Å²) in [5, 5.41) is 3.08. The van der Waals surface area contributed by atoms with Crippen molar-refractivity contribution in [3.63, 3.8) is 0 Å². The Kier molecular flexibility index (Phi) is 6.16. The number of carbonyl (C=O) groups is 1. The topological polar surface area (TPSA) is 77.2 Å². The molecule has 3 N–H and O–H groups in total. The van der Waals surface area contributed by atoms with Crippen LogP contribution in [0.25, 0.3) is 0 Å². The Bertz CT molecular complexity index is 654. The molecule has 1 amide bonds. The number of nitrogens with zero attached hydrogens (tertiary/aromatic N) is 1. The summed E-state index contributed by atoms with van der Waals surface area (Å²) >= 11 is 0. The molecule has 8 heteroatoms. The molecule has 0 aliphatic carbocycles. The van der Waals surface area contributed by atoms with Gasteiger partial charge in [0.05, 0.1) is 17.9 Å². The van der Waals surface area contributed by atoms with Crippen molar-refractivity contribution in [1.82, 2.24) is 10.3 Å². The highest BCUT2D eigenvalue weighted by molar-refractivity contribution is 5.64. The summed E-state index contributed by atoms with van der Waals surface area (Å²) in [4.78, 5) is 15.2. The number of hydrogen-bond donors (Lipinski definition) is 2. The van der Waals surface area contributed by atoms with Crippen molar-refractivity contribution in [3.8, 4) is 0 Å². The Morgan fingerprint density at radius 1 is 1.38 bits per heavy atom. The first-order valence-electron chi connectivity index (χ1n) is 8.73. The van der Waals surface area contributed by atoms with E-state index < -0.39 is 29.2 Å². The fraction of sp³-hybridized carbons (Fsp3) is 0.667. The molecule has 2 rings (SSSR count). The summed E-state index contributed by atoms with van der Waals surface area (Å²) in [6.45, 7) is 6.88. The van der Waals surface area contributed by atoms with Crippen LogP contribution in [0, 0.1) is 5.41 Å². The zero-order valence-electron chi connectivity index (χ0n) is 15.4. The van der Waals surface area contributed by atoms with Gasteiger partial charge in [-0.2, -0.15) is 13.2 Å². The number of halogens is 3. The number of rotatable bonds is 5. The molecular formula is C18H26F3N3O2. The molecule has 0 radical (unpaired) electrons. The number of carbonyl (C=O) groups excluding carboxylic acids is 1. The summed E-state index contributed by atoms with van der Waals surface area (Å²) in [5.41, 5.74) is 5.26. The minimum absolute atomic E-state index is 0.0815. The molecule has 0 spiro atoms. The van der Waals surface area contributed by atoms with Crippen LogP contribution in [0.15, 0.2) is 6.07 Å². The fourth-order valence-corrected chi connectivity index (χ4v) is 3.34. The van der Waals surface area contributed by atoms with Gasteiger partial charge < -0.3 is 15.8 Å². The van der Waals surface area contributed by atoms with Crippen molar-refractivity contribution in [2.75, 3.05) is 13.2 Å². The van der Waals surface area contributed by atoms with E-state index in [-0.39, 0.29) is 12.3 Å². The Hall–Kier alpha value is -1.83. The Balaban J connectivity index is 2.40. The third-order valence-corrected chi connectivity index (χ3v) is 4.64. The number of fused-ring (bicyclic) bond motifs is 1. The summed E-state index contributed by atoms with van der Waals surface area (Å²) in [6, 6.07) is 1.24. The summed E-state index contributed by atoms with van der Waals surface area (Å²) in [5.74, 6) is -0.421. The highest BCUT2D eigenvalue weighted by atomic mass is 19.4. The van der Waals surface area contributed by atoms with Crippen LogP contribution < -0.4 is 11.1 Å². The van der Waals surface area contributed by atoms with Crippen LogP contribution in [-0.4, -0.2) is 24.2 Å². The fourth-order valence-electron chi connectivity index (χ4n) is 3.34. The normalized spacial score (nSPS) is 16.1. The lowest BCUT2D eigenvalue weighted by molar-refractivity contribution is -0.139. The van der Waals surface area contributed by atoms with Crippen LogP contribution in [0.4, 0.5) is 18.0 Å². The molecule has 1 aromatic heterocycles. The first-order valence-corrected chi connectivity index (χ1v) is 8.73. The smallest absolute Gasteiger partial charge is 0.418 e. The van der Waals surface area contributed by atoms with Gasteiger partial charge in [0, 0.05) is 31.1 Å². The standard InChI is InChI=1S/C18H26F3N3O2/c1-17(2,3)12(5-4-8-26-16(22)25)15-13(18(19,20)21)9-11-10-23-7-6-14(11)24-15/h9,12,23H,4-8,10H2,1-3H3,(H2,22,25). The monoisotopic (exact) mass is 373 g/mol. The van der Waals surface area contributed by atoms with Gasteiger partial charge in [-0.3, -0.25) is 4.98 Å². The SMILES string of the molecule is CC(C)(C)C(CCCOC(N)=O)c1nc2c(cc1C(F)(F)F)CNCC2. The molecule has 0 saturated carbocycles. The van der Waals surface area contributed by atoms with Crippen molar-refractivity contribution in [2.24, 2.45) is 11.1 Å². The number of alkyl halides is 3. The number of hydrogen-bond acceptors (Lipinski definition) is 4. The molecule has 26 heavy (non-hydrogen) atoms. The van der Waals surface area contributed by atoms with E-state index in [0.29, 0.717) is 37.9 Å². The molecule has 1 aliphatic rings. The molecule has 0 bridgehead atoms. The minimum Gasteiger partial charge on any atom is -0.450 e. The van der Waals surface area contributed by atoms with Gasteiger partial charge in [-0.15, -0.1) is 0 Å². The third-order valence-electron chi connectivity index (χ3n) is 4.64. The lowest BCUT2D eigenvalue weighted by atomic mass is 9.74. The van der Waals surface area contributed by atoms with Crippen molar-refractivity contribution < 1.29 is 22.7 Å². The number of amides is 1. The number of pyridine rings is 1. The molecule has 1 aliphatic heterocycles. The molecule has 146 valence electrons. The Morgan fingerprint density at radius 2 is 2.08 bits per heavy atom. The maximum atomic E-state index is 13.7. The van der Waals surface area contributed by atoms with Crippen LogP contribution in [0.5, 0.6) is 0 Å². The van der Waals surface area contributed by atoms with Crippen molar-refractivity contribution in [3.05, 3.63) is 28.6 Å². The lowest BCUT2D eigenvalue weighted by Crippen LogP contribution is -2.29. The van der Waals surface area contributed by atoms with Crippen molar-refractivity contribution >= 4 is 6.09 Å². The number of ether oxygens (including phenoxy) is 1. The predicted octanol–water partition coefficient (Wildman–Crippen LogP) is 3.75. The minimum atomic E-state index is -4.47. The van der Waals surface area contributed by atoms with Crippen LogP contribution in [0.2, 0.25) is 0 Å². The molecule has 1 unspecified atom stereocenters. The first-order chi connectivity index (χ1) is 12.0. The second-order valence-electron chi connectivity index (χ2n) is 7.68. The maximum absolute atomic E-state index is 13.7. The molecule has 5 nitrogen and oxygen atoms in total. The lowest BCUT2D eigenvalue weighted by Gasteiger charge is -2.33. The summed E-state index contributed by atoms with van der Waals surface area (Å²) < 4.78 is 45.9. The molecule has 0 fully saturated rings. The molecule has 2 heterocycles. The van der Waals surface area contributed by atoms with Gasteiger partial charge in [0.15, 0.2) is 0 Å². The van der Waals surface area contributed by atoms with Gasteiger partial charge in [-0.25, -0.2) is 4.79 Å². The Labute approximate surface area is 151 Å². The second-order valence-corrected chi connectivity index (χ2v) is 7.68. The van der Waals surface area contributed by atoms with Crippen LogP contribution in [0.1, 0.15) is 62.0 Å². The number of primary amides is 1. The number of aromatic nitrogens is 1. The van der Waals surface area contributed by atoms with Gasteiger partial charge in [0.1, 0.15) is 0 Å². The molecule has 0 aromatic carbocycles. The number of nitrogens with two attached hydrogens (primary N) is 1. The highest BCUT2D eigenvalue weighted by Crippen LogP contribution is 2.44. The van der Waals surface area contributed by atoms with Crippen LogP contribution >= 0.6 is 0 Å². The average molecular weight is 373 g/mol.